The molecule has 0 bridgehead atoms. The molecular weight excluding hydrogens is 250 g/mol. The Labute approximate surface area is 122 Å². The topological polar surface area (TPSA) is 44.5 Å². The molecule has 2 unspecified atom stereocenters. The third kappa shape index (κ3) is 3.97. The maximum atomic E-state index is 6.25. The van der Waals surface area contributed by atoms with Gasteiger partial charge in [0.1, 0.15) is 5.75 Å². The van der Waals surface area contributed by atoms with Crippen LogP contribution in [-0.2, 0) is 4.74 Å². The van der Waals surface area contributed by atoms with Crippen LogP contribution in [0.4, 0.5) is 0 Å². The van der Waals surface area contributed by atoms with Crippen LogP contribution in [0.25, 0.3) is 0 Å². The minimum Gasteiger partial charge on any atom is -0.497 e. The normalized spacial score (nSPS) is 18.9. The maximum Gasteiger partial charge on any atom is 0.118 e. The smallest absolute Gasteiger partial charge is 0.118 e. The largest absolute Gasteiger partial charge is 0.497 e. The molecule has 20 heavy (non-hydrogen) atoms. The van der Waals surface area contributed by atoms with E-state index in [1.54, 1.807) is 7.11 Å². The maximum absolute atomic E-state index is 6.25. The predicted molar refractivity (Wildman–Crippen MR) is 81.9 cm³/mol. The molecule has 0 saturated heterocycles. The number of rotatable bonds is 7. The molecule has 112 valence electrons. The summed E-state index contributed by atoms with van der Waals surface area (Å²) in [4.78, 5) is 0. The lowest BCUT2D eigenvalue weighted by Gasteiger charge is -2.25. The van der Waals surface area contributed by atoms with Crippen molar-refractivity contribution in [3.63, 3.8) is 0 Å². The Bertz CT molecular complexity index is 384. The molecular formula is C17H27NO2. The van der Waals surface area contributed by atoms with Crippen LogP contribution in [0.1, 0.15) is 50.7 Å². The van der Waals surface area contributed by atoms with Gasteiger partial charge in [-0.3, -0.25) is 0 Å². The van der Waals surface area contributed by atoms with Gasteiger partial charge in [0.05, 0.1) is 19.8 Å². The zero-order valence-electron chi connectivity index (χ0n) is 12.7. The Balaban J connectivity index is 2.01. The van der Waals surface area contributed by atoms with Crippen molar-refractivity contribution < 1.29 is 9.47 Å². The van der Waals surface area contributed by atoms with Crippen LogP contribution in [0.2, 0.25) is 0 Å². The molecule has 1 aliphatic carbocycles. The van der Waals surface area contributed by atoms with Crippen molar-refractivity contribution in [2.45, 2.75) is 51.2 Å². The monoisotopic (exact) mass is 277 g/mol. The summed E-state index contributed by atoms with van der Waals surface area (Å²) in [6.07, 6.45) is 6.21. The summed E-state index contributed by atoms with van der Waals surface area (Å²) in [7, 11) is 1.68. The zero-order valence-corrected chi connectivity index (χ0v) is 12.7. The van der Waals surface area contributed by atoms with E-state index in [0.717, 1.165) is 30.3 Å². The quantitative estimate of drug-likeness (QED) is 0.827. The van der Waals surface area contributed by atoms with Gasteiger partial charge in [-0.05, 0) is 42.9 Å². The molecule has 1 fully saturated rings. The van der Waals surface area contributed by atoms with Gasteiger partial charge in [0.15, 0.2) is 0 Å². The van der Waals surface area contributed by atoms with Gasteiger partial charge in [-0.15, -0.1) is 0 Å². The fourth-order valence-electron chi connectivity index (χ4n) is 2.89. The summed E-state index contributed by atoms with van der Waals surface area (Å²) in [5.74, 6) is 1.59. The molecule has 2 N–H and O–H groups in total. The highest BCUT2D eigenvalue weighted by atomic mass is 16.5. The summed E-state index contributed by atoms with van der Waals surface area (Å²) in [5, 5.41) is 0. The summed E-state index contributed by atoms with van der Waals surface area (Å²) in [6, 6.07) is 8.12. The number of nitrogens with two attached hydrogens (primary N) is 1. The van der Waals surface area contributed by atoms with Crippen LogP contribution in [0.5, 0.6) is 5.75 Å². The molecule has 0 amide bonds. The van der Waals surface area contributed by atoms with Crippen molar-refractivity contribution in [2.75, 3.05) is 13.7 Å². The molecule has 1 saturated carbocycles. The number of benzene rings is 1. The molecule has 1 aromatic rings. The van der Waals surface area contributed by atoms with Gasteiger partial charge in [0, 0.05) is 6.04 Å². The first-order chi connectivity index (χ1) is 9.74. The summed E-state index contributed by atoms with van der Waals surface area (Å²) >= 11 is 0. The number of ether oxygens (including phenoxy) is 2. The van der Waals surface area contributed by atoms with Crippen molar-refractivity contribution in [1.29, 1.82) is 0 Å². The predicted octanol–water partition coefficient (Wildman–Crippen LogP) is 3.68. The van der Waals surface area contributed by atoms with E-state index in [2.05, 4.69) is 19.1 Å². The highest BCUT2D eigenvalue weighted by Crippen LogP contribution is 2.29. The fourth-order valence-corrected chi connectivity index (χ4v) is 2.89. The Morgan fingerprint density at radius 1 is 1.20 bits per heavy atom. The first-order valence-electron chi connectivity index (χ1n) is 7.75. The molecule has 0 spiro atoms. The average Bonchev–Trinajstić information content (AvgIpc) is 3.01. The second-order valence-corrected chi connectivity index (χ2v) is 5.75. The lowest BCUT2D eigenvalue weighted by Crippen LogP contribution is -2.30. The third-order valence-electron chi connectivity index (χ3n) is 4.29. The van der Waals surface area contributed by atoms with Crippen LogP contribution in [-0.4, -0.2) is 19.8 Å². The van der Waals surface area contributed by atoms with E-state index in [1.807, 2.05) is 12.1 Å². The van der Waals surface area contributed by atoms with Crippen LogP contribution in [0.3, 0.4) is 0 Å². The lowest BCUT2D eigenvalue weighted by atomic mass is 10.0. The van der Waals surface area contributed by atoms with E-state index in [1.165, 1.54) is 25.7 Å². The van der Waals surface area contributed by atoms with Crippen LogP contribution in [0.15, 0.2) is 24.3 Å². The van der Waals surface area contributed by atoms with Gasteiger partial charge >= 0.3 is 0 Å². The van der Waals surface area contributed by atoms with Gasteiger partial charge in [-0.25, -0.2) is 0 Å². The van der Waals surface area contributed by atoms with Gasteiger partial charge in [-0.2, -0.15) is 0 Å². The second kappa shape index (κ2) is 7.65. The van der Waals surface area contributed by atoms with E-state index in [-0.39, 0.29) is 12.1 Å². The molecule has 0 radical (unpaired) electrons. The first-order valence-corrected chi connectivity index (χ1v) is 7.75. The number of hydrogen-bond acceptors (Lipinski definition) is 3. The van der Waals surface area contributed by atoms with E-state index in [4.69, 9.17) is 15.2 Å². The highest BCUT2D eigenvalue weighted by Gasteiger charge is 2.22. The van der Waals surface area contributed by atoms with Crippen molar-refractivity contribution in [3.8, 4) is 5.75 Å². The Hall–Kier alpha value is -1.06. The van der Waals surface area contributed by atoms with E-state index < -0.39 is 0 Å². The van der Waals surface area contributed by atoms with Gasteiger partial charge < -0.3 is 15.2 Å². The fraction of sp³-hybridized carbons (Fsp3) is 0.647. The molecule has 0 heterocycles. The number of hydrogen-bond donors (Lipinski definition) is 1. The van der Waals surface area contributed by atoms with Crippen LogP contribution < -0.4 is 10.5 Å². The second-order valence-electron chi connectivity index (χ2n) is 5.75. The van der Waals surface area contributed by atoms with E-state index in [9.17, 15) is 0 Å². The summed E-state index contributed by atoms with van der Waals surface area (Å²) in [5.41, 5.74) is 7.40. The zero-order chi connectivity index (χ0) is 14.4. The molecule has 3 heteroatoms. The lowest BCUT2D eigenvalue weighted by molar-refractivity contribution is 0.0127. The van der Waals surface area contributed by atoms with E-state index >= 15 is 0 Å². The van der Waals surface area contributed by atoms with E-state index in [0.29, 0.717) is 0 Å². The standard InChI is InChI=1S/C17H27NO2/c1-3-16(18)17(20-12-13-6-4-5-7-13)14-8-10-15(19-2)11-9-14/h8-11,13,16-17H,3-7,12,18H2,1-2H3. The first kappa shape index (κ1) is 15.3. The molecule has 3 nitrogen and oxygen atoms in total. The Kier molecular flexibility index (Phi) is 5.86. The average molecular weight is 277 g/mol. The molecule has 2 rings (SSSR count). The van der Waals surface area contributed by atoms with Crippen molar-refractivity contribution in [3.05, 3.63) is 29.8 Å². The van der Waals surface area contributed by atoms with Crippen molar-refractivity contribution in [1.82, 2.24) is 0 Å². The number of methoxy groups -OCH3 is 1. The minimum absolute atomic E-state index is 0.00786. The minimum atomic E-state index is -0.00786. The molecule has 1 aromatic carbocycles. The Morgan fingerprint density at radius 3 is 2.40 bits per heavy atom. The molecule has 1 aliphatic rings. The Morgan fingerprint density at radius 2 is 1.85 bits per heavy atom. The van der Waals surface area contributed by atoms with Gasteiger partial charge in [-0.1, -0.05) is 31.9 Å². The third-order valence-corrected chi connectivity index (χ3v) is 4.29. The molecule has 2 atom stereocenters. The van der Waals surface area contributed by atoms with Gasteiger partial charge in [0.2, 0.25) is 0 Å². The van der Waals surface area contributed by atoms with Crippen LogP contribution in [0, 0.1) is 5.92 Å². The van der Waals surface area contributed by atoms with Crippen LogP contribution >= 0.6 is 0 Å². The molecule has 0 aliphatic heterocycles. The van der Waals surface area contributed by atoms with Crippen molar-refractivity contribution >= 4 is 0 Å². The summed E-state index contributed by atoms with van der Waals surface area (Å²) in [6.45, 7) is 2.95. The summed E-state index contributed by atoms with van der Waals surface area (Å²) < 4.78 is 11.4. The van der Waals surface area contributed by atoms with Crippen molar-refractivity contribution in [2.24, 2.45) is 11.7 Å². The van der Waals surface area contributed by atoms with Gasteiger partial charge in [0.25, 0.3) is 0 Å². The highest BCUT2D eigenvalue weighted by molar-refractivity contribution is 5.29. The molecule has 0 aromatic heterocycles. The SMILES string of the molecule is CCC(N)C(OCC1CCCC1)c1ccc(OC)cc1.